The highest BCUT2D eigenvalue weighted by Gasteiger charge is 2.21. The van der Waals surface area contributed by atoms with Gasteiger partial charge in [0.1, 0.15) is 17.5 Å². The number of nitrogens with zero attached hydrogens (tertiary/aromatic N) is 1. The average Bonchev–Trinajstić information content (AvgIpc) is 2.80. The summed E-state index contributed by atoms with van der Waals surface area (Å²) in [4.78, 5) is 23.2. The first-order valence-corrected chi connectivity index (χ1v) is 6.65. The van der Waals surface area contributed by atoms with Crippen LogP contribution < -0.4 is 10.1 Å². The predicted molar refractivity (Wildman–Crippen MR) is 78.7 cm³/mol. The molecule has 0 saturated heterocycles. The van der Waals surface area contributed by atoms with Gasteiger partial charge in [-0.2, -0.15) is 0 Å². The van der Waals surface area contributed by atoms with E-state index in [1.807, 2.05) is 18.2 Å². The van der Waals surface area contributed by atoms with E-state index in [1.54, 1.807) is 31.7 Å². The van der Waals surface area contributed by atoms with Gasteiger partial charge in [0.2, 0.25) is 0 Å². The number of carboxylic acid groups (broad SMARTS) is 1. The van der Waals surface area contributed by atoms with Crippen molar-refractivity contribution in [2.75, 3.05) is 7.11 Å². The first-order chi connectivity index (χ1) is 9.97. The van der Waals surface area contributed by atoms with Crippen molar-refractivity contribution in [3.63, 3.8) is 0 Å². The number of rotatable bonds is 5. The smallest absolute Gasteiger partial charge is 0.326 e. The topological polar surface area (TPSA) is 80.6 Å². The van der Waals surface area contributed by atoms with E-state index in [0.717, 1.165) is 10.9 Å². The van der Waals surface area contributed by atoms with E-state index >= 15 is 0 Å². The highest BCUT2D eigenvalue weighted by atomic mass is 16.5. The third kappa shape index (κ3) is 2.84. The van der Waals surface area contributed by atoms with Gasteiger partial charge in [0.05, 0.1) is 7.11 Å². The summed E-state index contributed by atoms with van der Waals surface area (Å²) >= 11 is 0. The van der Waals surface area contributed by atoms with Crippen molar-refractivity contribution in [3.05, 3.63) is 30.0 Å². The Hall–Kier alpha value is -2.50. The van der Waals surface area contributed by atoms with Gasteiger partial charge in [-0.15, -0.1) is 0 Å². The van der Waals surface area contributed by atoms with Gasteiger partial charge in [-0.1, -0.05) is 6.92 Å². The van der Waals surface area contributed by atoms with E-state index < -0.39 is 17.9 Å². The molecule has 0 saturated carbocycles. The van der Waals surface area contributed by atoms with Gasteiger partial charge in [0.15, 0.2) is 0 Å². The number of aryl methyl sites for hydroxylation is 1. The summed E-state index contributed by atoms with van der Waals surface area (Å²) in [7, 11) is 3.35. The molecule has 0 bridgehead atoms. The number of methoxy groups -OCH3 is 1. The molecule has 6 heteroatoms. The molecular formula is C15H18N2O4. The maximum absolute atomic E-state index is 12.2. The lowest BCUT2D eigenvalue weighted by molar-refractivity contribution is -0.139. The van der Waals surface area contributed by atoms with Crippen LogP contribution in [-0.2, 0) is 11.8 Å². The molecule has 0 fully saturated rings. The monoisotopic (exact) mass is 290 g/mol. The Morgan fingerprint density at radius 1 is 1.38 bits per heavy atom. The second kappa shape index (κ2) is 5.87. The van der Waals surface area contributed by atoms with Crippen molar-refractivity contribution in [2.24, 2.45) is 7.05 Å². The highest BCUT2D eigenvalue weighted by Crippen LogP contribution is 2.23. The van der Waals surface area contributed by atoms with Gasteiger partial charge in [-0.3, -0.25) is 4.79 Å². The number of carboxylic acids is 1. The zero-order valence-electron chi connectivity index (χ0n) is 12.2. The lowest BCUT2D eigenvalue weighted by Gasteiger charge is -2.12. The molecule has 0 radical (unpaired) electrons. The summed E-state index contributed by atoms with van der Waals surface area (Å²) in [5.41, 5.74) is 1.29. The number of fused-ring (bicyclic) bond motifs is 1. The molecule has 0 spiro atoms. The minimum Gasteiger partial charge on any atom is -0.497 e. The average molecular weight is 290 g/mol. The second-order valence-electron chi connectivity index (χ2n) is 4.79. The van der Waals surface area contributed by atoms with Crippen LogP contribution in [0.2, 0.25) is 0 Å². The maximum atomic E-state index is 12.2. The van der Waals surface area contributed by atoms with Gasteiger partial charge in [-0.25, -0.2) is 4.79 Å². The largest absolute Gasteiger partial charge is 0.497 e. The third-order valence-electron chi connectivity index (χ3n) is 3.49. The van der Waals surface area contributed by atoms with E-state index in [1.165, 1.54) is 0 Å². The van der Waals surface area contributed by atoms with Crippen molar-refractivity contribution < 1.29 is 19.4 Å². The molecule has 1 atom stereocenters. The Morgan fingerprint density at radius 2 is 2.10 bits per heavy atom. The molecule has 112 valence electrons. The molecule has 2 N–H and O–H groups in total. The molecule has 0 aliphatic heterocycles. The first kappa shape index (κ1) is 14.9. The number of benzene rings is 1. The molecule has 21 heavy (non-hydrogen) atoms. The number of carbonyl (C=O) groups excluding carboxylic acids is 1. The van der Waals surface area contributed by atoms with E-state index in [0.29, 0.717) is 17.9 Å². The molecule has 1 heterocycles. The Bertz CT molecular complexity index is 690. The lowest BCUT2D eigenvalue weighted by Crippen LogP contribution is -2.40. The molecule has 2 aromatic rings. The Labute approximate surface area is 122 Å². The number of aromatic nitrogens is 1. The number of carbonyl (C=O) groups is 2. The summed E-state index contributed by atoms with van der Waals surface area (Å²) in [6.45, 7) is 1.71. The molecule has 1 aromatic heterocycles. The predicted octanol–water partition coefficient (Wildman–Crippen LogP) is 1.78. The van der Waals surface area contributed by atoms with E-state index in [9.17, 15) is 9.59 Å². The molecule has 1 unspecified atom stereocenters. The SMILES string of the molecule is CCC(NC(=O)c1cc2cc(OC)ccc2n1C)C(=O)O. The zero-order valence-corrected chi connectivity index (χ0v) is 12.2. The van der Waals surface area contributed by atoms with Gasteiger partial charge in [-0.05, 0) is 30.7 Å². The van der Waals surface area contributed by atoms with Crippen LogP contribution in [0, 0.1) is 0 Å². The third-order valence-corrected chi connectivity index (χ3v) is 3.49. The maximum Gasteiger partial charge on any atom is 0.326 e. The van der Waals surface area contributed by atoms with Crippen LogP contribution in [-0.4, -0.2) is 34.7 Å². The molecule has 1 aromatic carbocycles. The van der Waals surface area contributed by atoms with Crippen LogP contribution in [0.4, 0.5) is 0 Å². The summed E-state index contributed by atoms with van der Waals surface area (Å²) in [5.74, 6) is -0.731. The van der Waals surface area contributed by atoms with Crippen LogP contribution in [0.15, 0.2) is 24.3 Å². The standard InChI is InChI=1S/C15H18N2O4/c1-4-11(15(19)20)16-14(18)13-8-9-7-10(21-3)5-6-12(9)17(13)2/h5-8,11H,4H2,1-3H3,(H,16,18)(H,19,20). The minimum atomic E-state index is -1.04. The van der Waals surface area contributed by atoms with Gasteiger partial charge < -0.3 is 19.7 Å². The number of hydrogen-bond acceptors (Lipinski definition) is 3. The van der Waals surface area contributed by atoms with Gasteiger partial charge >= 0.3 is 5.97 Å². The van der Waals surface area contributed by atoms with E-state index in [4.69, 9.17) is 9.84 Å². The van der Waals surface area contributed by atoms with Crippen molar-refractivity contribution in [3.8, 4) is 5.75 Å². The molecule has 1 amide bonds. The lowest BCUT2D eigenvalue weighted by atomic mass is 10.2. The first-order valence-electron chi connectivity index (χ1n) is 6.65. The molecule has 0 aliphatic rings. The summed E-state index contributed by atoms with van der Waals surface area (Å²) in [5, 5.41) is 12.4. The number of hydrogen-bond donors (Lipinski definition) is 2. The Morgan fingerprint density at radius 3 is 2.67 bits per heavy atom. The van der Waals surface area contributed by atoms with Crippen LogP contribution in [0.25, 0.3) is 10.9 Å². The van der Waals surface area contributed by atoms with E-state index in [-0.39, 0.29) is 0 Å². The van der Waals surface area contributed by atoms with E-state index in [2.05, 4.69) is 5.32 Å². The number of amides is 1. The fraction of sp³-hybridized carbons (Fsp3) is 0.333. The zero-order chi connectivity index (χ0) is 15.6. The van der Waals surface area contributed by atoms with Crippen molar-refractivity contribution >= 4 is 22.8 Å². The minimum absolute atomic E-state index is 0.332. The van der Waals surface area contributed by atoms with Gasteiger partial charge in [0, 0.05) is 18.0 Å². The van der Waals surface area contributed by atoms with Crippen LogP contribution in [0.1, 0.15) is 23.8 Å². The van der Waals surface area contributed by atoms with Crippen molar-refractivity contribution in [1.82, 2.24) is 9.88 Å². The normalized spacial score (nSPS) is 12.1. The molecular weight excluding hydrogens is 272 g/mol. The van der Waals surface area contributed by atoms with Crippen LogP contribution in [0.5, 0.6) is 5.75 Å². The highest BCUT2D eigenvalue weighted by molar-refractivity contribution is 6.00. The Kier molecular flexibility index (Phi) is 4.16. The van der Waals surface area contributed by atoms with Crippen molar-refractivity contribution in [1.29, 1.82) is 0 Å². The van der Waals surface area contributed by atoms with Crippen LogP contribution >= 0.6 is 0 Å². The Balaban J connectivity index is 2.35. The quantitative estimate of drug-likeness (QED) is 0.879. The molecule has 6 nitrogen and oxygen atoms in total. The van der Waals surface area contributed by atoms with Crippen LogP contribution in [0.3, 0.4) is 0 Å². The number of ether oxygens (including phenoxy) is 1. The number of aliphatic carboxylic acids is 1. The summed E-state index contributed by atoms with van der Waals surface area (Å²) in [6, 6.07) is 6.35. The molecule has 2 rings (SSSR count). The summed E-state index contributed by atoms with van der Waals surface area (Å²) in [6.07, 6.45) is 0.332. The molecule has 0 aliphatic carbocycles. The van der Waals surface area contributed by atoms with Gasteiger partial charge in [0.25, 0.3) is 5.91 Å². The second-order valence-corrected chi connectivity index (χ2v) is 4.79. The fourth-order valence-corrected chi connectivity index (χ4v) is 2.24. The summed E-state index contributed by atoms with van der Waals surface area (Å²) < 4.78 is 6.89. The fourth-order valence-electron chi connectivity index (χ4n) is 2.24. The van der Waals surface area contributed by atoms with Crippen molar-refractivity contribution in [2.45, 2.75) is 19.4 Å². The number of nitrogens with one attached hydrogen (secondary N) is 1.